The molecule has 2 fully saturated rings. The van der Waals surface area contributed by atoms with Crippen molar-refractivity contribution in [2.75, 3.05) is 13.2 Å². The van der Waals surface area contributed by atoms with Crippen molar-refractivity contribution in [1.29, 1.82) is 0 Å². The molecule has 14 nitrogen and oxygen atoms in total. The van der Waals surface area contributed by atoms with Gasteiger partial charge in [-0.25, -0.2) is 9.59 Å². The van der Waals surface area contributed by atoms with Gasteiger partial charge >= 0.3 is 11.9 Å². The fourth-order valence-corrected chi connectivity index (χ4v) is 4.29. The van der Waals surface area contributed by atoms with Crippen LogP contribution in [-0.4, -0.2) is 71.0 Å². The summed E-state index contributed by atoms with van der Waals surface area (Å²) in [7, 11) is 0. The first-order chi connectivity index (χ1) is 18.7. The summed E-state index contributed by atoms with van der Waals surface area (Å²) in [4.78, 5) is 47.2. The summed E-state index contributed by atoms with van der Waals surface area (Å²) in [5, 5.41) is 22.0. The molecule has 14 heteroatoms. The Morgan fingerprint density at radius 1 is 0.725 bits per heavy atom. The summed E-state index contributed by atoms with van der Waals surface area (Å²) in [6.07, 6.45) is -4.35. The van der Waals surface area contributed by atoms with Crippen LogP contribution in [0.15, 0.2) is 48.5 Å². The molecule has 2 aromatic carbocycles. The average molecular weight is 561 g/mol. The largest absolute Gasteiger partial charge is 0.452 e. The van der Waals surface area contributed by atoms with Crippen LogP contribution in [-0.2, 0) is 28.4 Å². The first kappa shape index (κ1) is 29.0. The number of esters is 2. The number of carbonyl (C=O) groups excluding carboxylic acids is 2. The number of nitrogens with zero attached hydrogens (tertiary/aromatic N) is 2. The second-order valence-electron chi connectivity index (χ2n) is 10.1. The molecule has 4 atom stereocenters. The van der Waals surface area contributed by atoms with E-state index in [-0.39, 0.29) is 35.7 Å². The van der Waals surface area contributed by atoms with Crippen molar-refractivity contribution in [2.45, 2.75) is 63.7 Å². The number of rotatable bonds is 9. The lowest BCUT2D eigenvalue weighted by atomic mass is 10.0. The molecule has 4 rings (SSSR count). The van der Waals surface area contributed by atoms with Gasteiger partial charge in [0.15, 0.2) is 23.8 Å². The van der Waals surface area contributed by atoms with E-state index in [9.17, 15) is 29.8 Å². The van der Waals surface area contributed by atoms with Gasteiger partial charge in [-0.1, -0.05) is 0 Å². The molecule has 0 radical (unpaired) electrons. The molecule has 0 amide bonds. The van der Waals surface area contributed by atoms with Crippen molar-refractivity contribution in [3.63, 3.8) is 0 Å². The minimum absolute atomic E-state index is 0.0122. The predicted molar refractivity (Wildman–Crippen MR) is 134 cm³/mol. The summed E-state index contributed by atoms with van der Waals surface area (Å²) in [6.45, 7) is 6.62. The summed E-state index contributed by atoms with van der Waals surface area (Å²) >= 11 is 0. The topological polar surface area (TPSA) is 176 Å². The lowest BCUT2D eigenvalue weighted by molar-refractivity contribution is -0.385. The third kappa shape index (κ3) is 6.77. The van der Waals surface area contributed by atoms with E-state index in [4.69, 9.17) is 28.4 Å². The van der Waals surface area contributed by atoms with Crippen LogP contribution in [0.25, 0.3) is 0 Å². The summed E-state index contributed by atoms with van der Waals surface area (Å²) in [5.41, 5.74) is -0.400. The second-order valence-corrected chi connectivity index (χ2v) is 10.1. The van der Waals surface area contributed by atoms with Crippen LogP contribution < -0.4 is 0 Å². The Labute approximate surface area is 228 Å². The fourth-order valence-electron chi connectivity index (χ4n) is 4.29. The minimum Gasteiger partial charge on any atom is -0.452 e. The molecule has 0 N–H and O–H groups in total. The molecule has 40 heavy (non-hydrogen) atoms. The smallest absolute Gasteiger partial charge is 0.338 e. The molecule has 2 heterocycles. The van der Waals surface area contributed by atoms with E-state index in [1.807, 2.05) is 0 Å². The van der Waals surface area contributed by atoms with Gasteiger partial charge in [-0.05, 0) is 52.0 Å². The second kappa shape index (κ2) is 11.3. The predicted octanol–water partition coefficient (Wildman–Crippen LogP) is 3.56. The van der Waals surface area contributed by atoms with Crippen molar-refractivity contribution in [3.05, 3.63) is 79.9 Å². The highest BCUT2D eigenvalue weighted by molar-refractivity contribution is 5.90. The van der Waals surface area contributed by atoms with Crippen molar-refractivity contribution in [1.82, 2.24) is 0 Å². The van der Waals surface area contributed by atoms with Gasteiger partial charge in [0.2, 0.25) is 0 Å². The number of hydrogen-bond donors (Lipinski definition) is 0. The molecule has 0 aromatic heterocycles. The number of benzene rings is 2. The Morgan fingerprint density at radius 2 is 1.05 bits per heavy atom. The van der Waals surface area contributed by atoms with Crippen molar-refractivity contribution >= 4 is 23.3 Å². The molecule has 2 aliphatic rings. The number of ether oxygens (including phenoxy) is 6. The van der Waals surface area contributed by atoms with E-state index in [0.29, 0.717) is 0 Å². The first-order valence-corrected chi connectivity index (χ1v) is 12.3. The van der Waals surface area contributed by atoms with Gasteiger partial charge in [0.1, 0.15) is 12.2 Å². The fraction of sp³-hybridized carbons (Fsp3) is 0.462. The highest BCUT2D eigenvalue weighted by Crippen LogP contribution is 2.33. The van der Waals surface area contributed by atoms with Gasteiger partial charge in [0, 0.05) is 24.3 Å². The molecule has 2 aliphatic heterocycles. The van der Waals surface area contributed by atoms with E-state index < -0.39 is 57.8 Å². The highest BCUT2D eigenvalue weighted by atomic mass is 16.8. The van der Waals surface area contributed by atoms with Gasteiger partial charge in [-0.2, -0.15) is 0 Å². The van der Waals surface area contributed by atoms with Crippen molar-refractivity contribution < 1.29 is 47.9 Å². The van der Waals surface area contributed by atoms with E-state index in [2.05, 4.69) is 0 Å². The maximum atomic E-state index is 13.2. The van der Waals surface area contributed by atoms with Crippen LogP contribution >= 0.6 is 0 Å². The molecule has 2 aromatic rings. The van der Waals surface area contributed by atoms with Crippen molar-refractivity contribution in [2.24, 2.45) is 0 Å². The maximum absolute atomic E-state index is 13.2. The Balaban J connectivity index is 1.66. The Morgan fingerprint density at radius 3 is 1.30 bits per heavy atom. The zero-order valence-corrected chi connectivity index (χ0v) is 22.1. The highest BCUT2D eigenvalue weighted by Gasteiger charge is 2.50. The molecule has 0 unspecified atom stereocenters. The molecule has 0 bridgehead atoms. The van der Waals surface area contributed by atoms with E-state index in [1.54, 1.807) is 27.7 Å². The molecule has 0 spiro atoms. The number of hydrogen-bond acceptors (Lipinski definition) is 12. The third-order valence-corrected chi connectivity index (χ3v) is 6.23. The lowest BCUT2D eigenvalue weighted by Gasteiger charge is -2.33. The summed E-state index contributed by atoms with van der Waals surface area (Å²) in [5.74, 6) is -3.80. The first-order valence-electron chi connectivity index (χ1n) is 12.3. The quantitative estimate of drug-likeness (QED) is 0.248. The Kier molecular flexibility index (Phi) is 8.16. The van der Waals surface area contributed by atoms with Crippen LogP contribution in [0, 0.1) is 20.2 Å². The summed E-state index contributed by atoms with van der Waals surface area (Å²) < 4.78 is 34.9. The third-order valence-electron chi connectivity index (χ3n) is 6.23. The number of nitro benzene ring substituents is 2. The Bertz CT molecular complexity index is 1180. The van der Waals surface area contributed by atoms with E-state index in [1.165, 1.54) is 24.3 Å². The zero-order valence-electron chi connectivity index (χ0n) is 22.1. The molecule has 0 saturated carbocycles. The van der Waals surface area contributed by atoms with Crippen LogP contribution in [0.2, 0.25) is 0 Å². The van der Waals surface area contributed by atoms with Gasteiger partial charge < -0.3 is 28.4 Å². The molecular formula is C26H28N2O12. The number of non-ortho nitro benzene ring substituents is 2. The maximum Gasteiger partial charge on any atom is 0.338 e. The average Bonchev–Trinajstić information content (AvgIpc) is 3.46. The standard InChI is InChI=1S/C26H28N2O12/c1-25(2)35-13-19(39-25)21(37-23(29)15-5-9-17(10-6-15)27(31)32)22(20-14-36-26(3,4)40-20)38-24(30)16-7-11-18(12-8-16)28(33)34/h5-12,19-22H,13-14H2,1-4H3/t19-,20-,21+,22+/m0/s1. The van der Waals surface area contributed by atoms with Gasteiger partial charge in [0.25, 0.3) is 11.4 Å². The zero-order chi connectivity index (χ0) is 29.2. The van der Waals surface area contributed by atoms with Crippen LogP contribution in [0.3, 0.4) is 0 Å². The van der Waals surface area contributed by atoms with Crippen LogP contribution in [0.4, 0.5) is 11.4 Å². The molecule has 2 saturated heterocycles. The SMILES string of the molecule is CC1(C)OC[C@@H]([C@@H](OC(=O)c2ccc([N+](=O)[O-])cc2)[C@H](OC(=O)c2ccc([N+](=O)[O-])cc2)[C@@H]2COC(C)(C)O2)O1. The van der Waals surface area contributed by atoms with Crippen LogP contribution in [0.5, 0.6) is 0 Å². The van der Waals surface area contributed by atoms with Crippen LogP contribution in [0.1, 0.15) is 48.4 Å². The number of nitro groups is 2. The summed E-state index contributed by atoms with van der Waals surface area (Å²) in [6, 6.07) is 9.60. The van der Waals surface area contributed by atoms with Crippen molar-refractivity contribution in [3.8, 4) is 0 Å². The monoisotopic (exact) mass is 560 g/mol. The van der Waals surface area contributed by atoms with Gasteiger partial charge in [0.05, 0.1) is 34.2 Å². The van der Waals surface area contributed by atoms with Gasteiger partial charge in [-0.15, -0.1) is 0 Å². The van der Waals surface area contributed by atoms with E-state index >= 15 is 0 Å². The lowest BCUT2D eigenvalue weighted by Crippen LogP contribution is -2.51. The van der Waals surface area contributed by atoms with E-state index in [0.717, 1.165) is 24.3 Å². The Hall–Kier alpha value is -3.98. The molecule has 0 aliphatic carbocycles. The minimum atomic E-state index is -1.27. The normalized spacial score (nSPS) is 22.7. The number of carbonyl (C=O) groups is 2. The molecule has 214 valence electrons. The molecular weight excluding hydrogens is 532 g/mol. The van der Waals surface area contributed by atoms with Gasteiger partial charge in [-0.3, -0.25) is 20.2 Å².